The Hall–Kier alpha value is -1.07. The van der Waals surface area contributed by atoms with Crippen molar-refractivity contribution in [1.82, 2.24) is 9.88 Å². The minimum Gasteiger partial charge on any atom is -0.408 e. The van der Waals surface area contributed by atoms with Gasteiger partial charge in [-0.15, -0.1) is 0 Å². The molecule has 80 valence electrons. The maximum atomic E-state index is 11.3. The minimum atomic E-state index is -0.335. The largest absolute Gasteiger partial charge is 0.419 e. The van der Waals surface area contributed by atoms with Gasteiger partial charge in [0.1, 0.15) is 0 Å². The number of oxazole rings is 1. The van der Waals surface area contributed by atoms with Crippen LogP contribution in [0, 0.1) is 0 Å². The lowest BCUT2D eigenvalue weighted by atomic mass is 10.2. The van der Waals surface area contributed by atoms with Crippen LogP contribution in [0.2, 0.25) is 0 Å². The van der Waals surface area contributed by atoms with Crippen LogP contribution in [-0.2, 0) is 7.05 Å². The van der Waals surface area contributed by atoms with Crippen molar-refractivity contribution >= 4 is 27.0 Å². The average molecular weight is 271 g/mol. The molecule has 1 unspecified atom stereocenters. The Balaban J connectivity index is 2.62. The monoisotopic (exact) mass is 270 g/mol. The molecule has 0 spiro atoms. The van der Waals surface area contributed by atoms with Crippen LogP contribution in [0.1, 0.15) is 10.5 Å². The summed E-state index contributed by atoms with van der Waals surface area (Å²) in [5, 5.41) is 3.06. The molecule has 1 N–H and O–H groups in total. The fourth-order valence-electron chi connectivity index (χ4n) is 1.47. The number of nitrogens with one attached hydrogen (secondary N) is 1. The van der Waals surface area contributed by atoms with Crippen molar-refractivity contribution in [3.63, 3.8) is 0 Å². The van der Waals surface area contributed by atoms with Gasteiger partial charge < -0.3 is 9.73 Å². The topological polar surface area (TPSA) is 47.2 Å². The van der Waals surface area contributed by atoms with E-state index in [1.807, 2.05) is 25.2 Å². The van der Waals surface area contributed by atoms with Crippen LogP contribution in [0.15, 0.2) is 27.4 Å². The molecular weight excluding hydrogens is 260 g/mol. The van der Waals surface area contributed by atoms with Crippen LogP contribution >= 0.6 is 15.9 Å². The van der Waals surface area contributed by atoms with E-state index in [0.717, 1.165) is 11.1 Å². The molecule has 0 saturated carbocycles. The molecule has 2 rings (SSSR count). The maximum Gasteiger partial charge on any atom is 0.419 e. The van der Waals surface area contributed by atoms with E-state index >= 15 is 0 Å². The number of alkyl halides is 1. The summed E-state index contributed by atoms with van der Waals surface area (Å²) in [6.45, 7) is 0. The first-order valence-electron chi connectivity index (χ1n) is 4.54. The van der Waals surface area contributed by atoms with Crippen molar-refractivity contribution in [3.8, 4) is 0 Å². The van der Waals surface area contributed by atoms with Gasteiger partial charge in [-0.1, -0.05) is 22.0 Å². The van der Waals surface area contributed by atoms with Gasteiger partial charge in [0.15, 0.2) is 5.58 Å². The third-order valence-electron chi connectivity index (χ3n) is 2.36. The number of hydrogen-bond donors (Lipinski definition) is 1. The first-order chi connectivity index (χ1) is 7.13. The molecule has 15 heavy (non-hydrogen) atoms. The molecule has 0 aliphatic heterocycles. The molecule has 2 aromatic rings. The number of halogens is 1. The van der Waals surface area contributed by atoms with E-state index < -0.39 is 0 Å². The fraction of sp³-hybridized carbons (Fsp3) is 0.300. The van der Waals surface area contributed by atoms with Gasteiger partial charge >= 0.3 is 5.76 Å². The van der Waals surface area contributed by atoms with Gasteiger partial charge in [-0.05, 0) is 24.7 Å². The van der Waals surface area contributed by atoms with Crippen molar-refractivity contribution in [3.05, 3.63) is 34.3 Å². The van der Waals surface area contributed by atoms with Gasteiger partial charge in [-0.3, -0.25) is 4.57 Å². The zero-order chi connectivity index (χ0) is 11.0. The minimum absolute atomic E-state index is 0.0624. The Morgan fingerprint density at radius 3 is 2.93 bits per heavy atom. The lowest BCUT2D eigenvalue weighted by Crippen LogP contribution is -2.09. The van der Waals surface area contributed by atoms with Crippen LogP contribution in [-0.4, -0.2) is 11.6 Å². The maximum absolute atomic E-state index is 11.3. The van der Waals surface area contributed by atoms with E-state index in [2.05, 4.69) is 21.2 Å². The highest BCUT2D eigenvalue weighted by molar-refractivity contribution is 9.09. The first kappa shape index (κ1) is 10.4. The average Bonchev–Trinajstić information content (AvgIpc) is 2.53. The van der Waals surface area contributed by atoms with Gasteiger partial charge in [0.25, 0.3) is 0 Å². The number of nitrogens with zero attached hydrogens (tertiary/aromatic N) is 1. The first-order valence-corrected chi connectivity index (χ1v) is 5.46. The second-order valence-electron chi connectivity index (χ2n) is 3.31. The standard InChI is InChI=1S/C10H11BrN2O2/c1-12-9(11)6-3-4-7-8(5-6)15-10(14)13(7)2/h3-5,9,12H,1-2H3. The Morgan fingerprint density at radius 1 is 1.53 bits per heavy atom. The summed E-state index contributed by atoms with van der Waals surface area (Å²) in [6, 6.07) is 5.68. The van der Waals surface area contributed by atoms with Crippen LogP contribution < -0.4 is 11.1 Å². The highest BCUT2D eigenvalue weighted by Crippen LogP contribution is 2.22. The second kappa shape index (κ2) is 3.83. The molecule has 1 aromatic heterocycles. The second-order valence-corrected chi connectivity index (χ2v) is 4.22. The predicted octanol–water partition coefficient (Wildman–Crippen LogP) is 1.74. The van der Waals surface area contributed by atoms with E-state index in [0.29, 0.717) is 5.58 Å². The van der Waals surface area contributed by atoms with E-state index in [4.69, 9.17) is 4.42 Å². The quantitative estimate of drug-likeness (QED) is 0.668. The van der Waals surface area contributed by atoms with Gasteiger partial charge in [0.2, 0.25) is 0 Å². The summed E-state index contributed by atoms with van der Waals surface area (Å²) in [6.07, 6.45) is 0. The summed E-state index contributed by atoms with van der Waals surface area (Å²) in [5.74, 6) is -0.335. The molecule has 1 heterocycles. The molecule has 0 saturated heterocycles. The van der Waals surface area contributed by atoms with Crippen molar-refractivity contribution < 1.29 is 4.42 Å². The van der Waals surface area contributed by atoms with E-state index in [-0.39, 0.29) is 10.7 Å². The Labute approximate surface area is 95.0 Å². The lowest BCUT2D eigenvalue weighted by Gasteiger charge is -2.07. The lowest BCUT2D eigenvalue weighted by molar-refractivity contribution is 0.527. The number of aryl methyl sites for hydroxylation is 1. The number of benzene rings is 1. The van der Waals surface area contributed by atoms with Crippen LogP contribution in [0.3, 0.4) is 0 Å². The predicted molar refractivity (Wildman–Crippen MR) is 62.2 cm³/mol. The molecule has 0 amide bonds. The number of fused-ring (bicyclic) bond motifs is 1. The summed E-state index contributed by atoms with van der Waals surface area (Å²) in [5.41, 5.74) is 2.44. The highest BCUT2D eigenvalue weighted by atomic mass is 79.9. The van der Waals surface area contributed by atoms with Crippen LogP contribution in [0.4, 0.5) is 0 Å². The Morgan fingerprint density at radius 2 is 2.27 bits per heavy atom. The Bertz CT molecular complexity index is 544. The molecule has 5 heteroatoms. The van der Waals surface area contributed by atoms with Gasteiger partial charge in [-0.25, -0.2) is 4.79 Å². The molecule has 0 aliphatic rings. The van der Waals surface area contributed by atoms with Gasteiger partial charge in [0.05, 0.1) is 10.5 Å². The van der Waals surface area contributed by atoms with Crippen LogP contribution in [0.5, 0.6) is 0 Å². The summed E-state index contributed by atoms with van der Waals surface area (Å²) < 4.78 is 6.58. The van der Waals surface area contributed by atoms with E-state index in [1.165, 1.54) is 4.57 Å². The number of hydrogen-bond acceptors (Lipinski definition) is 3. The summed E-state index contributed by atoms with van der Waals surface area (Å²) in [7, 11) is 3.54. The van der Waals surface area contributed by atoms with E-state index in [1.54, 1.807) is 7.05 Å². The van der Waals surface area contributed by atoms with Crippen molar-refractivity contribution in [2.75, 3.05) is 7.05 Å². The zero-order valence-corrected chi connectivity index (χ0v) is 10.0. The highest BCUT2D eigenvalue weighted by Gasteiger charge is 2.09. The molecular formula is C10H11BrN2O2. The SMILES string of the molecule is CNC(Br)c1ccc2c(c1)oc(=O)n2C. The summed E-state index contributed by atoms with van der Waals surface area (Å²) >= 11 is 3.46. The van der Waals surface area contributed by atoms with E-state index in [9.17, 15) is 4.79 Å². The fourth-order valence-corrected chi connectivity index (χ4v) is 1.76. The van der Waals surface area contributed by atoms with Crippen molar-refractivity contribution in [1.29, 1.82) is 0 Å². The Kier molecular flexibility index (Phi) is 2.67. The summed E-state index contributed by atoms with van der Waals surface area (Å²) in [4.78, 5) is 11.3. The zero-order valence-electron chi connectivity index (χ0n) is 8.45. The van der Waals surface area contributed by atoms with Crippen molar-refractivity contribution in [2.45, 2.75) is 4.95 Å². The van der Waals surface area contributed by atoms with Gasteiger partial charge in [0, 0.05) is 7.05 Å². The third kappa shape index (κ3) is 1.72. The molecule has 0 aliphatic carbocycles. The molecule has 0 bridgehead atoms. The molecule has 0 radical (unpaired) electrons. The molecule has 0 fully saturated rings. The molecule has 1 atom stereocenters. The normalized spacial score (nSPS) is 13.3. The van der Waals surface area contributed by atoms with Gasteiger partial charge in [-0.2, -0.15) is 0 Å². The van der Waals surface area contributed by atoms with Crippen LogP contribution in [0.25, 0.3) is 11.1 Å². The van der Waals surface area contributed by atoms with Crippen molar-refractivity contribution in [2.24, 2.45) is 7.05 Å². The molecule has 4 nitrogen and oxygen atoms in total. The number of rotatable bonds is 2. The third-order valence-corrected chi connectivity index (χ3v) is 3.35. The molecule has 1 aromatic carbocycles. The number of aromatic nitrogens is 1. The smallest absolute Gasteiger partial charge is 0.408 e.